The van der Waals surface area contributed by atoms with Crippen LogP contribution in [0.3, 0.4) is 0 Å². The van der Waals surface area contributed by atoms with Gasteiger partial charge in [-0.1, -0.05) is 94.8 Å². The van der Waals surface area contributed by atoms with Gasteiger partial charge in [-0.2, -0.15) is 5.10 Å². The van der Waals surface area contributed by atoms with Crippen molar-refractivity contribution in [3.63, 3.8) is 0 Å². The van der Waals surface area contributed by atoms with Crippen LogP contribution in [0.5, 0.6) is 0 Å². The van der Waals surface area contributed by atoms with Crippen LogP contribution < -0.4 is 5.43 Å². The van der Waals surface area contributed by atoms with Crippen LogP contribution >= 0.6 is 15.9 Å². The molecule has 144 valence electrons. The smallest absolute Gasteiger partial charge is 0.244 e. The maximum absolute atomic E-state index is 4.80. The molecule has 0 aliphatic rings. The normalized spacial score (nSPS) is 11.4. The van der Waals surface area contributed by atoms with Crippen LogP contribution in [0.25, 0.3) is 32.9 Å². The Balaban J connectivity index is 1.65. The van der Waals surface area contributed by atoms with Gasteiger partial charge in [0, 0.05) is 26.4 Å². The number of hydrogen-bond acceptors (Lipinski definition) is 4. The molecule has 30 heavy (non-hydrogen) atoms. The number of fused-ring (bicyclic) bond motifs is 3. The summed E-state index contributed by atoms with van der Waals surface area (Å²) in [5.74, 6) is 0.459. The lowest BCUT2D eigenvalue weighted by atomic mass is 10.0. The van der Waals surface area contributed by atoms with Crippen LogP contribution in [-0.4, -0.2) is 16.2 Å². The zero-order valence-electron chi connectivity index (χ0n) is 16.0. The van der Waals surface area contributed by atoms with Gasteiger partial charge in [0.2, 0.25) is 5.95 Å². The van der Waals surface area contributed by atoms with Crippen molar-refractivity contribution in [2.45, 2.75) is 0 Å². The Labute approximate surface area is 182 Å². The summed E-state index contributed by atoms with van der Waals surface area (Å²) < 4.78 is 0.978. The fraction of sp³-hybridized carbons (Fsp3) is 0. The number of halogens is 1. The number of rotatable bonds is 4. The van der Waals surface area contributed by atoms with Gasteiger partial charge in [-0.15, -0.1) is 0 Å². The molecule has 1 N–H and O–H groups in total. The number of hydrogen-bond donors (Lipinski definition) is 1. The summed E-state index contributed by atoms with van der Waals surface area (Å²) in [6.07, 6.45) is 1.75. The minimum atomic E-state index is 0.459. The van der Waals surface area contributed by atoms with Crippen molar-refractivity contribution < 1.29 is 0 Å². The summed E-state index contributed by atoms with van der Waals surface area (Å²) in [6, 6.07) is 30.5. The predicted octanol–water partition coefficient (Wildman–Crippen LogP) is 6.66. The highest BCUT2D eigenvalue weighted by Gasteiger charge is 2.12. The van der Waals surface area contributed by atoms with E-state index in [0.29, 0.717) is 5.95 Å². The molecule has 5 aromatic rings. The molecule has 1 aromatic heterocycles. The van der Waals surface area contributed by atoms with Gasteiger partial charge in [0.05, 0.1) is 17.4 Å². The second-order valence-electron chi connectivity index (χ2n) is 6.84. The topological polar surface area (TPSA) is 50.2 Å². The number of anilines is 1. The Bertz CT molecular complexity index is 1380. The Kier molecular flexibility index (Phi) is 4.95. The predicted molar refractivity (Wildman–Crippen MR) is 128 cm³/mol. The number of benzene rings is 4. The van der Waals surface area contributed by atoms with Crippen LogP contribution in [0.15, 0.2) is 101 Å². The van der Waals surface area contributed by atoms with Crippen molar-refractivity contribution in [1.29, 1.82) is 0 Å². The van der Waals surface area contributed by atoms with Crippen LogP contribution in [-0.2, 0) is 0 Å². The van der Waals surface area contributed by atoms with E-state index in [1.54, 1.807) is 6.21 Å². The maximum atomic E-state index is 4.80. The van der Waals surface area contributed by atoms with E-state index in [1.807, 2.05) is 54.6 Å². The number of nitrogens with one attached hydrogen (secondary N) is 1. The summed E-state index contributed by atoms with van der Waals surface area (Å²) in [5.41, 5.74) is 6.81. The van der Waals surface area contributed by atoms with E-state index in [-0.39, 0.29) is 0 Å². The Morgan fingerprint density at radius 1 is 0.733 bits per heavy atom. The number of aromatic nitrogens is 2. The van der Waals surface area contributed by atoms with Gasteiger partial charge in [0.25, 0.3) is 0 Å². The second-order valence-corrected chi connectivity index (χ2v) is 7.69. The second kappa shape index (κ2) is 8.05. The van der Waals surface area contributed by atoms with Crippen molar-refractivity contribution in [3.8, 4) is 11.3 Å². The largest absolute Gasteiger partial charge is 0.245 e. The third-order valence-electron chi connectivity index (χ3n) is 4.91. The van der Waals surface area contributed by atoms with Gasteiger partial charge in [-0.25, -0.2) is 15.4 Å². The SMILES string of the molecule is Brc1ccccc1/C=N/Nc1nc(-c2ccccc2)c2ccc3ccccc3c2n1. The zero-order valence-corrected chi connectivity index (χ0v) is 17.5. The Hall–Kier alpha value is -3.57. The summed E-state index contributed by atoms with van der Waals surface area (Å²) in [4.78, 5) is 9.58. The molecule has 5 rings (SSSR count). The van der Waals surface area contributed by atoms with E-state index in [1.165, 1.54) is 0 Å². The van der Waals surface area contributed by atoms with Crippen molar-refractivity contribution in [3.05, 3.63) is 101 Å². The van der Waals surface area contributed by atoms with E-state index in [4.69, 9.17) is 9.97 Å². The molecule has 4 nitrogen and oxygen atoms in total. The first-order valence-electron chi connectivity index (χ1n) is 9.58. The summed E-state index contributed by atoms with van der Waals surface area (Å²) in [7, 11) is 0. The molecule has 0 fully saturated rings. The standard InChI is InChI=1S/C25H17BrN4/c26-22-13-7-5-11-19(22)16-27-30-25-28-23(18-9-2-1-3-10-18)21-15-14-17-8-4-6-12-20(17)24(21)29-25/h1-16H,(H,28,29,30)/b27-16+. The Morgan fingerprint density at radius 3 is 2.37 bits per heavy atom. The Morgan fingerprint density at radius 2 is 1.50 bits per heavy atom. The third-order valence-corrected chi connectivity index (χ3v) is 5.63. The summed E-state index contributed by atoms with van der Waals surface area (Å²) in [5, 5.41) is 7.61. The van der Waals surface area contributed by atoms with E-state index in [2.05, 4.69) is 62.9 Å². The zero-order chi connectivity index (χ0) is 20.3. The molecule has 0 saturated carbocycles. The summed E-state index contributed by atoms with van der Waals surface area (Å²) in [6.45, 7) is 0. The van der Waals surface area contributed by atoms with Crippen LogP contribution in [0.1, 0.15) is 5.56 Å². The highest BCUT2D eigenvalue weighted by atomic mass is 79.9. The van der Waals surface area contributed by atoms with E-state index in [9.17, 15) is 0 Å². The maximum Gasteiger partial charge on any atom is 0.244 e. The van der Waals surface area contributed by atoms with Crippen LogP contribution in [0.4, 0.5) is 5.95 Å². The van der Waals surface area contributed by atoms with Gasteiger partial charge < -0.3 is 0 Å². The summed E-state index contributed by atoms with van der Waals surface area (Å²) >= 11 is 3.53. The molecule has 0 unspecified atom stereocenters. The van der Waals surface area contributed by atoms with Gasteiger partial charge >= 0.3 is 0 Å². The third kappa shape index (κ3) is 3.55. The average Bonchev–Trinajstić information content (AvgIpc) is 2.80. The monoisotopic (exact) mass is 452 g/mol. The lowest BCUT2D eigenvalue weighted by Gasteiger charge is -2.10. The van der Waals surface area contributed by atoms with E-state index < -0.39 is 0 Å². The molecule has 4 aromatic carbocycles. The molecule has 0 amide bonds. The van der Waals surface area contributed by atoms with Crippen molar-refractivity contribution in [1.82, 2.24) is 9.97 Å². The van der Waals surface area contributed by atoms with Crippen LogP contribution in [0.2, 0.25) is 0 Å². The molecule has 0 atom stereocenters. The molecule has 0 spiro atoms. The van der Waals surface area contributed by atoms with Crippen molar-refractivity contribution >= 4 is 49.8 Å². The highest BCUT2D eigenvalue weighted by Crippen LogP contribution is 2.31. The van der Waals surface area contributed by atoms with Gasteiger partial charge in [0.15, 0.2) is 0 Å². The van der Waals surface area contributed by atoms with Gasteiger partial charge in [-0.05, 0) is 17.5 Å². The molecule has 0 saturated heterocycles. The molecule has 0 radical (unpaired) electrons. The molecular weight excluding hydrogens is 436 g/mol. The molecule has 5 heteroatoms. The highest BCUT2D eigenvalue weighted by molar-refractivity contribution is 9.10. The molecule has 1 heterocycles. The van der Waals surface area contributed by atoms with E-state index >= 15 is 0 Å². The number of nitrogens with zero attached hydrogens (tertiary/aromatic N) is 3. The molecular formula is C25H17BrN4. The fourth-order valence-electron chi connectivity index (χ4n) is 3.47. The average molecular weight is 453 g/mol. The quantitative estimate of drug-likeness (QED) is 0.188. The molecule has 0 bridgehead atoms. The van der Waals surface area contributed by atoms with Gasteiger partial charge in [0.1, 0.15) is 0 Å². The first-order valence-corrected chi connectivity index (χ1v) is 10.4. The molecule has 0 aliphatic carbocycles. The first-order chi connectivity index (χ1) is 14.8. The van der Waals surface area contributed by atoms with Crippen molar-refractivity contribution in [2.24, 2.45) is 5.10 Å². The van der Waals surface area contributed by atoms with Crippen LogP contribution in [0, 0.1) is 0 Å². The lowest BCUT2D eigenvalue weighted by Crippen LogP contribution is -2.00. The van der Waals surface area contributed by atoms with E-state index in [0.717, 1.165) is 43.0 Å². The van der Waals surface area contributed by atoms with Gasteiger partial charge in [-0.3, -0.25) is 0 Å². The number of hydrazone groups is 1. The lowest BCUT2D eigenvalue weighted by molar-refractivity contribution is 1.16. The fourth-order valence-corrected chi connectivity index (χ4v) is 3.86. The minimum Gasteiger partial charge on any atom is -0.245 e. The molecule has 0 aliphatic heterocycles. The van der Waals surface area contributed by atoms with Crippen molar-refractivity contribution in [2.75, 3.05) is 5.43 Å². The first kappa shape index (κ1) is 18.5. The minimum absolute atomic E-state index is 0.459.